The molecule has 0 saturated carbocycles. The molecule has 0 aromatic heterocycles. The SMILES string of the molecule is COC1(C)CCCN(c2cc(Br)ccc2C(C)N)C1. The van der Waals surface area contributed by atoms with Crippen molar-refractivity contribution in [3.05, 3.63) is 28.2 Å². The van der Waals surface area contributed by atoms with E-state index < -0.39 is 0 Å². The fourth-order valence-electron chi connectivity index (χ4n) is 2.75. The van der Waals surface area contributed by atoms with E-state index >= 15 is 0 Å². The Bertz CT molecular complexity index is 450. The topological polar surface area (TPSA) is 38.5 Å². The molecule has 0 radical (unpaired) electrons. The third-order valence-electron chi connectivity index (χ3n) is 3.98. The summed E-state index contributed by atoms with van der Waals surface area (Å²) in [6.07, 6.45) is 2.26. The Hall–Kier alpha value is -0.580. The molecule has 4 heteroatoms. The second-order valence-corrected chi connectivity index (χ2v) is 6.59. The Kier molecular flexibility index (Phi) is 4.54. The van der Waals surface area contributed by atoms with Crippen LogP contribution < -0.4 is 10.6 Å². The van der Waals surface area contributed by atoms with E-state index in [1.54, 1.807) is 7.11 Å². The molecule has 0 bridgehead atoms. The Balaban J connectivity index is 2.32. The lowest BCUT2D eigenvalue weighted by Gasteiger charge is -2.41. The second-order valence-electron chi connectivity index (χ2n) is 5.67. The molecule has 1 aliphatic rings. The maximum atomic E-state index is 6.10. The van der Waals surface area contributed by atoms with Crippen molar-refractivity contribution in [2.45, 2.75) is 38.3 Å². The van der Waals surface area contributed by atoms with Crippen molar-refractivity contribution in [2.75, 3.05) is 25.1 Å². The first-order valence-electron chi connectivity index (χ1n) is 6.80. The molecular weight excluding hydrogens is 304 g/mol. The minimum absolute atomic E-state index is 0.0406. The third kappa shape index (κ3) is 3.30. The molecule has 0 aliphatic carbocycles. The van der Waals surface area contributed by atoms with Crippen LogP contribution in [0.2, 0.25) is 0 Å². The van der Waals surface area contributed by atoms with Crippen LogP contribution in [0.4, 0.5) is 5.69 Å². The van der Waals surface area contributed by atoms with Crippen molar-refractivity contribution in [1.82, 2.24) is 0 Å². The standard InChI is InChI=1S/C15H23BrN2O/c1-11(17)13-6-5-12(16)9-14(13)18-8-4-7-15(2,10-18)19-3/h5-6,9,11H,4,7-8,10,17H2,1-3H3. The first-order valence-corrected chi connectivity index (χ1v) is 7.59. The van der Waals surface area contributed by atoms with Gasteiger partial charge in [-0.2, -0.15) is 0 Å². The van der Waals surface area contributed by atoms with E-state index in [-0.39, 0.29) is 11.6 Å². The van der Waals surface area contributed by atoms with Crippen molar-refractivity contribution in [3.8, 4) is 0 Å². The zero-order valence-electron chi connectivity index (χ0n) is 11.9. The van der Waals surface area contributed by atoms with Crippen molar-refractivity contribution in [2.24, 2.45) is 5.73 Å². The molecule has 2 N–H and O–H groups in total. The van der Waals surface area contributed by atoms with Gasteiger partial charge in [0, 0.05) is 36.4 Å². The summed E-state index contributed by atoms with van der Waals surface area (Å²) < 4.78 is 6.77. The van der Waals surface area contributed by atoms with Gasteiger partial charge >= 0.3 is 0 Å². The molecular formula is C15H23BrN2O. The van der Waals surface area contributed by atoms with Crippen LogP contribution in [0.25, 0.3) is 0 Å². The monoisotopic (exact) mass is 326 g/mol. The van der Waals surface area contributed by atoms with Gasteiger partial charge in [-0.25, -0.2) is 0 Å². The average molecular weight is 327 g/mol. The third-order valence-corrected chi connectivity index (χ3v) is 4.47. The minimum Gasteiger partial charge on any atom is -0.377 e. The molecule has 2 unspecified atom stereocenters. The number of benzene rings is 1. The lowest BCUT2D eigenvalue weighted by Crippen LogP contribution is -2.47. The normalized spacial score (nSPS) is 25.4. The number of methoxy groups -OCH3 is 1. The van der Waals surface area contributed by atoms with Crippen molar-refractivity contribution < 1.29 is 4.74 Å². The van der Waals surface area contributed by atoms with Gasteiger partial charge in [-0.1, -0.05) is 22.0 Å². The highest BCUT2D eigenvalue weighted by Gasteiger charge is 2.31. The van der Waals surface area contributed by atoms with E-state index in [2.05, 4.69) is 46.0 Å². The van der Waals surface area contributed by atoms with E-state index in [0.29, 0.717) is 0 Å². The van der Waals surface area contributed by atoms with E-state index in [9.17, 15) is 0 Å². The molecule has 1 fully saturated rings. The molecule has 19 heavy (non-hydrogen) atoms. The fraction of sp³-hybridized carbons (Fsp3) is 0.600. The van der Waals surface area contributed by atoms with Gasteiger partial charge in [-0.15, -0.1) is 0 Å². The summed E-state index contributed by atoms with van der Waals surface area (Å²) >= 11 is 3.56. The first-order chi connectivity index (χ1) is 8.95. The van der Waals surface area contributed by atoms with Crippen LogP contribution in [0, 0.1) is 0 Å². The average Bonchev–Trinajstić information content (AvgIpc) is 2.38. The first kappa shape index (κ1) is 14.8. The van der Waals surface area contributed by atoms with Gasteiger partial charge in [0.15, 0.2) is 0 Å². The lowest BCUT2D eigenvalue weighted by molar-refractivity contribution is -0.00469. The Morgan fingerprint density at radius 3 is 2.84 bits per heavy atom. The molecule has 3 nitrogen and oxygen atoms in total. The largest absolute Gasteiger partial charge is 0.377 e. The Morgan fingerprint density at radius 1 is 1.47 bits per heavy atom. The number of halogens is 1. The summed E-state index contributed by atoms with van der Waals surface area (Å²) in [4.78, 5) is 2.40. The van der Waals surface area contributed by atoms with Crippen LogP contribution in [0.1, 0.15) is 38.3 Å². The van der Waals surface area contributed by atoms with Gasteiger partial charge in [-0.3, -0.25) is 0 Å². The number of hydrogen-bond acceptors (Lipinski definition) is 3. The molecule has 2 rings (SSSR count). The summed E-state index contributed by atoms with van der Waals surface area (Å²) in [6.45, 7) is 6.20. The predicted molar refractivity (Wildman–Crippen MR) is 83.6 cm³/mol. The Labute approximate surface area is 124 Å². The number of piperidine rings is 1. The van der Waals surface area contributed by atoms with E-state index in [1.807, 2.05) is 6.92 Å². The van der Waals surface area contributed by atoms with Crippen LogP contribution in [0.5, 0.6) is 0 Å². The van der Waals surface area contributed by atoms with Crippen LogP contribution >= 0.6 is 15.9 Å². The van der Waals surface area contributed by atoms with Crippen molar-refractivity contribution in [1.29, 1.82) is 0 Å². The highest BCUT2D eigenvalue weighted by Crippen LogP contribution is 2.33. The molecule has 0 spiro atoms. The Morgan fingerprint density at radius 2 is 2.21 bits per heavy atom. The predicted octanol–water partition coefficient (Wildman–Crippen LogP) is 3.47. The highest BCUT2D eigenvalue weighted by molar-refractivity contribution is 9.10. The molecule has 1 heterocycles. The molecule has 2 atom stereocenters. The number of hydrogen-bond donors (Lipinski definition) is 1. The highest BCUT2D eigenvalue weighted by atomic mass is 79.9. The molecule has 1 saturated heterocycles. The maximum absolute atomic E-state index is 6.10. The number of rotatable bonds is 3. The minimum atomic E-state index is -0.0598. The van der Waals surface area contributed by atoms with Gasteiger partial charge in [0.2, 0.25) is 0 Å². The summed E-state index contributed by atoms with van der Waals surface area (Å²) in [6, 6.07) is 6.38. The number of nitrogens with two attached hydrogens (primary N) is 1. The molecule has 0 amide bonds. The number of anilines is 1. The second kappa shape index (κ2) is 5.81. The molecule has 1 aromatic carbocycles. The smallest absolute Gasteiger partial charge is 0.0825 e. The van der Waals surface area contributed by atoms with E-state index in [1.165, 1.54) is 11.3 Å². The lowest BCUT2D eigenvalue weighted by atomic mass is 9.93. The molecule has 1 aliphatic heterocycles. The van der Waals surface area contributed by atoms with Crippen LogP contribution in [-0.4, -0.2) is 25.8 Å². The number of nitrogens with zero attached hydrogens (tertiary/aromatic N) is 1. The van der Waals surface area contributed by atoms with Crippen molar-refractivity contribution >= 4 is 21.6 Å². The van der Waals surface area contributed by atoms with Crippen LogP contribution in [0.3, 0.4) is 0 Å². The molecule has 106 valence electrons. The zero-order chi connectivity index (χ0) is 14.0. The summed E-state index contributed by atoms with van der Waals surface area (Å²) in [5.74, 6) is 0. The van der Waals surface area contributed by atoms with Gasteiger partial charge < -0.3 is 15.4 Å². The van der Waals surface area contributed by atoms with Gasteiger partial charge in [0.1, 0.15) is 0 Å². The number of ether oxygens (including phenoxy) is 1. The van der Waals surface area contributed by atoms with Gasteiger partial charge in [0.25, 0.3) is 0 Å². The maximum Gasteiger partial charge on any atom is 0.0825 e. The fourth-order valence-corrected chi connectivity index (χ4v) is 3.10. The quantitative estimate of drug-likeness (QED) is 0.924. The molecule has 1 aromatic rings. The zero-order valence-corrected chi connectivity index (χ0v) is 13.5. The summed E-state index contributed by atoms with van der Waals surface area (Å²) in [5, 5.41) is 0. The van der Waals surface area contributed by atoms with Crippen LogP contribution in [-0.2, 0) is 4.74 Å². The summed E-state index contributed by atoms with van der Waals surface area (Å²) in [5.41, 5.74) is 8.47. The van der Waals surface area contributed by atoms with Crippen LogP contribution in [0.15, 0.2) is 22.7 Å². The van der Waals surface area contributed by atoms with Gasteiger partial charge in [-0.05, 0) is 44.4 Å². The van der Waals surface area contributed by atoms with Gasteiger partial charge in [0.05, 0.1) is 5.60 Å². The van der Waals surface area contributed by atoms with Crippen molar-refractivity contribution in [3.63, 3.8) is 0 Å². The summed E-state index contributed by atoms with van der Waals surface area (Å²) in [7, 11) is 1.80. The van der Waals surface area contributed by atoms with E-state index in [4.69, 9.17) is 10.5 Å². The van der Waals surface area contributed by atoms with E-state index in [0.717, 1.165) is 30.4 Å².